The van der Waals surface area contributed by atoms with Crippen LogP contribution in [0.1, 0.15) is 22.3 Å². The van der Waals surface area contributed by atoms with Crippen LogP contribution in [0.15, 0.2) is 122 Å². The fourth-order valence-corrected chi connectivity index (χ4v) is 6.38. The van der Waals surface area contributed by atoms with Crippen LogP contribution >= 0.6 is 0 Å². The third kappa shape index (κ3) is 6.63. The van der Waals surface area contributed by atoms with Gasteiger partial charge in [0.15, 0.2) is 0 Å². The zero-order chi connectivity index (χ0) is 31.6. The van der Waals surface area contributed by atoms with E-state index in [0.717, 1.165) is 44.8 Å². The Morgan fingerprint density at radius 2 is 0.812 bits per heavy atom. The Morgan fingerprint density at radius 3 is 1.12 bits per heavy atom. The van der Waals surface area contributed by atoms with E-state index in [-0.39, 0.29) is 40.2 Å². The zero-order valence-electron chi connectivity index (χ0n) is 27.0. The number of rotatable bonds is 6. The Hall–Kier alpha value is -4.44. The number of hydrogen-bond donors (Lipinski definition) is 0. The van der Waals surface area contributed by atoms with Gasteiger partial charge in [0.25, 0.3) is 0 Å². The maximum absolute atomic E-state index is 4.77. The molecule has 4 aromatic heterocycles. The third-order valence-corrected chi connectivity index (χ3v) is 8.92. The van der Waals surface area contributed by atoms with Crippen LogP contribution in [0.25, 0.3) is 67.0 Å². The SMILES string of the molecule is Cc1c(C)c(-c2ccccc2-c2ccc(-c3[c-]ccnc3)nc2)c(C)c(C)c1-c1ccccc1-c1ccc(-c2[c-]ccnc2)nc1.[Ir].[Ir]. The summed E-state index contributed by atoms with van der Waals surface area (Å²) >= 11 is 0. The number of aromatic nitrogens is 4. The van der Waals surface area contributed by atoms with Crippen molar-refractivity contribution < 1.29 is 40.2 Å². The second-order valence-corrected chi connectivity index (χ2v) is 11.5. The number of nitrogens with zero attached hydrogens (tertiary/aromatic N) is 4. The van der Waals surface area contributed by atoms with Crippen molar-refractivity contribution in [3.8, 4) is 67.0 Å². The molecule has 0 saturated carbocycles. The van der Waals surface area contributed by atoms with E-state index in [1.54, 1.807) is 24.8 Å². The summed E-state index contributed by atoms with van der Waals surface area (Å²) in [6.07, 6.45) is 10.9. The molecular weight excluding hydrogens is 945 g/mol. The van der Waals surface area contributed by atoms with E-state index in [4.69, 9.17) is 9.97 Å². The van der Waals surface area contributed by atoms with E-state index in [9.17, 15) is 0 Å². The molecule has 7 rings (SSSR count). The molecule has 2 radical (unpaired) electrons. The summed E-state index contributed by atoms with van der Waals surface area (Å²) in [5.74, 6) is 0. The summed E-state index contributed by atoms with van der Waals surface area (Å²) in [5.41, 5.74) is 18.0. The van der Waals surface area contributed by atoms with Gasteiger partial charge in [0.1, 0.15) is 0 Å². The predicted octanol–water partition coefficient (Wildman–Crippen LogP) is 10.1. The Morgan fingerprint density at radius 1 is 0.438 bits per heavy atom. The van der Waals surface area contributed by atoms with E-state index >= 15 is 0 Å². The molecule has 0 amide bonds. The van der Waals surface area contributed by atoms with Gasteiger partial charge in [-0.25, -0.2) is 0 Å². The zero-order valence-corrected chi connectivity index (χ0v) is 31.8. The molecule has 6 heteroatoms. The molecule has 7 aromatic rings. The molecule has 3 aromatic carbocycles. The van der Waals surface area contributed by atoms with E-state index in [2.05, 4.69) is 110 Å². The van der Waals surface area contributed by atoms with Crippen LogP contribution in [-0.2, 0) is 40.2 Å². The summed E-state index contributed by atoms with van der Waals surface area (Å²) < 4.78 is 0. The number of pyridine rings is 4. The maximum Gasteiger partial charge on any atom is 0.0239 e. The largest absolute Gasteiger partial charge is 0.360 e. The van der Waals surface area contributed by atoms with Crippen molar-refractivity contribution in [1.82, 2.24) is 19.9 Å². The molecule has 0 atom stereocenters. The van der Waals surface area contributed by atoms with Crippen LogP contribution in [0, 0.1) is 39.8 Å². The summed E-state index contributed by atoms with van der Waals surface area (Å²) in [6, 6.07) is 35.7. The molecule has 48 heavy (non-hydrogen) atoms. The molecule has 0 saturated heterocycles. The molecule has 0 fully saturated rings. The first-order valence-corrected chi connectivity index (χ1v) is 15.4. The van der Waals surface area contributed by atoms with Crippen LogP contribution in [-0.4, -0.2) is 19.9 Å². The molecule has 4 heterocycles. The fraction of sp³-hybridized carbons (Fsp3) is 0.0952. The van der Waals surface area contributed by atoms with Crippen molar-refractivity contribution in [2.24, 2.45) is 0 Å². The van der Waals surface area contributed by atoms with Gasteiger partial charge in [-0.15, -0.1) is 35.4 Å². The maximum atomic E-state index is 4.77. The Labute approximate surface area is 309 Å². The molecule has 0 N–H and O–H groups in total. The molecule has 0 aliphatic rings. The molecular formula is C42H32Ir2N4-2. The van der Waals surface area contributed by atoms with E-state index < -0.39 is 0 Å². The molecule has 0 spiro atoms. The van der Waals surface area contributed by atoms with Gasteiger partial charge >= 0.3 is 0 Å². The van der Waals surface area contributed by atoms with E-state index in [1.807, 2.05) is 36.7 Å². The van der Waals surface area contributed by atoms with Gasteiger partial charge < -0.3 is 19.9 Å². The van der Waals surface area contributed by atoms with Crippen LogP contribution in [0.3, 0.4) is 0 Å². The summed E-state index contributed by atoms with van der Waals surface area (Å²) in [6.45, 7) is 9.00. The molecule has 0 unspecified atom stereocenters. The van der Waals surface area contributed by atoms with E-state index in [1.165, 1.54) is 44.5 Å². The van der Waals surface area contributed by atoms with Crippen LogP contribution < -0.4 is 0 Å². The van der Waals surface area contributed by atoms with Gasteiger partial charge in [0, 0.05) is 52.6 Å². The second-order valence-electron chi connectivity index (χ2n) is 11.5. The Kier molecular flexibility index (Phi) is 11.0. The fourth-order valence-electron chi connectivity index (χ4n) is 6.38. The summed E-state index contributed by atoms with van der Waals surface area (Å²) in [5, 5.41) is 0. The Bertz CT molecular complexity index is 1980. The molecule has 0 aliphatic carbocycles. The smallest absolute Gasteiger partial charge is 0.0239 e. The van der Waals surface area contributed by atoms with Gasteiger partial charge in [-0.2, -0.15) is 0 Å². The van der Waals surface area contributed by atoms with Gasteiger partial charge in [-0.05, 0) is 106 Å². The molecule has 0 aliphatic heterocycles. The van der Waals surface area contributed by atoms with Gasteiger partial charge in [0.2, 0.25) is 0 Å². The quantitative estimate of drug-likeness (QED) is 0.156. The first kappa shape index (κ1) is 34.9. The number of hydrogen-bond acceptors (Lipinski definition) is 4. The molecule has 240 valence electrons. The second kappa shape index (κ2) is 15.2. The molecule has 0 bridgehead atoms. The molecule has 4 nitrogen and oxygen atoms in total. The monoisotopic (exact) mass is 978 g/mol. The van der Waals surface area contributed by atoms with Crippen molar-refractivity contribution in [3.05, 3.63) is 156 Å². The minimum absolute atomic E-state index is 0. The van der Waals surface area contributed by atoms with Crippen molar-refractivity contribution >= 4 is 0 Å². The minimum atomic E-state index is 0. The third-order valence-electron chi connectivity index (χ3n) is 8.92. The first-order valence-electron chi connectivity index (χ1n) is 15.4. The van der Waals surface area contributed by atoms with Crippen molar-refractivity contribution in [2.75, 3.05) is 0 Å². The van der Waals surface area contributed by atoms with Gasteiger partial charge in [-0.1, -0.05) is 97.6 Å². The predicted molar refractivity (Wildman–Crippen MR) is 187 cm³/mol. The Balaban J connectivity index is 0.00000225. The topological polar surface area (TPSA) is 51.6 Å². The van der Waals surface area contributed by atoms with Crippen molar-refractivity contribution in [1.29, 1.82) is 0 Å². The standard InChI is InChI=1S/C42H32N4.2Ir/c1-27-28(2)42(38-16-8-6-14-36(38)32-18-20-40(46-26-32)34-12-10-22-44-24-34)30(4)29(3)41(27)37-15-7-5-13-35(37)31-17-19-39(45-25-31)33-11-9-21-43-23-33;;/h5-10,13-26H,1-4H3;;/q-2;;. The minimum Gasteiger partial charge on any atom is -0.360 e. The first-order chi connectivity index (χ1) is 22.5. The normalized spacial score (nSPS) is 10.6. The van der Waals surface area contributed by atoms with Crippen LogP contribution in [0.4, 0.5) is 0 Å². The van der Waals surface area contributed by atoms with Crippen molar-refractivity contribution in [3.63, 3.8) is 0 Å². The number of benzene rings is 3. The van der Waals surface area contributed by atoms with Crippen molar-refractivity contribution in [2.45, 2.75) is 27.7 Å². The summed E-state index contributed by atoms with van der Waals surface area (Å²) in [4.78, 5) is 18.0. The van der Waals surface area contributed by atoms with Gasteiger partial charge in [-0.3, -0.25) is 0 Å². The van der Waals surface area contributed by atoms with E-state index in [0.29, 0.717) is 0 Å². The average Bonchev–Trinajstić information content (AvgIpc) is 3.12. The summed E-state index contributed by atoms with van der Waals surface area (Å²) in [7, 11) is 0. The average molecular weight is 977 g/mol. The van der Waals surface area contributed by atoms with Crippen LogP contribution in [0.2, 0.25) is 0 Å². The van der Waals surface area contributed by atoms with Gasteiger partial charge in [0.05, 0.1) is 0 Å². The van der Waals surface area contributed by atoms with Crippen LogP contribution in [0.5, 0.6) is 0 Å².